The molecule has 0 atom stereocenters. The van der Waals surface area contributed by atoms with Gasteiger partial charge in [0.05, 0.1) is 29.0 Å². The third kappa shape index (κ3) is 1.40. The van der Waals surface area contributed by atoms with Crippen LogP contribution < -0.4 is 5.73 Å². The quantitative estimate of drug-likeness (QED) is 0.560. The molecule has 3 aromatic heterocycles. The van der Waals surface area contributed by atoms with E-state index in [4.69, 9.17) is 5.73 Å². The summed E-state index contributed by atoms with van der Waals surface area (Å²) < 4.78 is 3.58. The second-order valence-electron chi connectivity index (χ2n) is 4.56. The molecule has 98 valence electrons. The van der Waals surface area contributed by atoms with Crippen LogP contribution in [-0.4, -0.2) is 29.5 Å². The summed E-state index contributed by atoms with van der Waals surface area (Å²) in [4.78, 5) is 8.22. The highest BCUT2D eigenvalue weighted by molar-refractivity contribution is 5.87. The number of benzene rings is 1. The topological polar surface area (TPSA) is 87.4 Å². The molecule has 0 spiro atoms. The smallest absolute Gasteiger partial charge is 0.168 e. The predicted octanol–water partition coefficient (Wildman–Crippen LogP) is 1.28. The highest BCUT2D eigenvalue weighted by Crippen LogP contribution is 2.22. The SMILES string of the molecule is Cn1ncc2cc(-n3ncc4c(N)ncnc43)ccc21. The van der Waals surface area contributed by atoms with Gasteiger partial charge in [-0.25, -0.2) is 14.6 Å². The molecule has 0 fully saturated rings. The van der Waals surface area contributed by atoms with Gasteiger partial charge in [0.1, 0.15) is 12.1 Å². The fraction of sp³-hybridized carbons (Fsp3) is 0.0769. The number of nitrogens with zero attached hydrogens (tertiary/aromatic N) is 6. The largest absolute Gasteiger partial charge is 0.383 e. The van der Waals surface area contributed by atoms with E-state index in [0.29, 0.717) is 11.5 Å². The monoisotopic (exact) mass is 265 g/mol. The van der Waals surface area contributed by atoms with Gasteiger partial charge in [-0.1, -0.05) is 0 Å². The Balaban J connectivity index is 1.98. The van der Waals surface area contributed by atoms with Crippen LogP contribution in [0.3, 0.4) is 0 Å². The van der Waals surface area contributed by atoms with Crippen LogP contribution in [0.15, 0.2) is 36.9 Å². The number of aromatic nitrogens is 6. The van der Waals surface area contributed by atoms with Crippen molar-refractivity contribution in [1.82, 2.24) is 29.5 Å². The van der Waals surface area contributed by atoms with Gasteiger partial charge in [0, 0.05) is 12.4 Å². The molecule has 1 aromatic carbocycles. The van der Waals surface area contributed by atoms with E-state index in [1.165, 1.54) is 6.33 Å². The van der Waals surface area contributed by atoms with Crippen LogP contribution in [0.25, 0.3) is 27.6 Å². The van der Waals surface area contributed by atoms with Crippen molar-refractivity contribution in [2.45, 2.75) is 0 Å². The van der Waals surface area contributed by atoms with Crippen molar-refractivity contribution in [3.8, 4) is 5.69 Å². The summed E-state index contributed by atoms with van der Waals surface area (Å²) in [6.45, 7) is 0. The number of rotatable bonds is 1. The van der Waals surface area contributed by atoms with Gasteiger partial charge in [0.15, 0.2) is 5.65 Å². The molecule has 0 aliphatic carbocycles. The molecule has 0 saturated heterocycles. The van der Waals surface area contributed by atoms with E-state index in [2.05, 4.69) is 20.2 Å². The van der Waals surface area contributed by atoms with Crippen LogP contribution in [0, 0.1) is 0 Å². The van der Waals surface area contributed by atoms with E-state index in [-0.39, 0.29) is 0 Å². The van der Waals surface area contributed by atoms with E-state index in [1.54, 1.807) is 10.9 Å². The summed E-state index contributed by atoms with van der Waals surface area (Å²) in [5.41, 5.74) is 8.50. The third-order valence-electron chi connectivity index (χ3n) is 3.37. The summed E-state index contributed by atoms with van der Waals surface area (Å²) >= 11 is 0. The third-order valence-corrected chi connectivity index (χ3v) is 3.37. The maximum Gasteiger partial charge on any atom is 0.168 e. The zero-order valence-corrected chi connectivity index (χ0v) is 10.7. The first-order valence-corrected chi connectivity index (χ1v) is 6.10. The van der Waals surface area contributed by atoms with E-state index < -0.39 is 0 Å². The standard InChI is InChI=1S/C13H11N7/c1-19-11-3-2-9(4-8(11)5-17-19)20-13-10(6-18-20)12(14)15-7-16-13/h2-7H,1H3,(H2,14,15,16). The minimum atomic E-state index is 0.434. The van der Waals surface area contributed by atoms with Gasteiger partial charge in [-0.2, -0.15) is 10.2 Å². The maximum absolute atomic E-state index is 5.82. The average molecular weight is 265 g/mol. The molecule has 0 amide bonds. The van der Waals surface area contributed by atoms with Gasteiger partial charge < -0.3 is 5.73 Å². The second kappa shape index (κ2) is 3.77. The molecular weight excluding hydrogens is 254 g/mol. The van der Waals surface area contributed by atoms with Crippen molar-refractivity contribution in [3.05, 3.63) is 36.9 Å². The number of nitrogens with two attached hydrogens (primary N) is 1. The van der Waals surface area contributed by atoms with Crippen molar-refractivity contribution >= 4 is 27.8 Å². The summed E-state index contributed by atoms with van der Waals surface area (Å²) in [6, 6.07) is 6.01. The zero-order valence-electron chi connectivity index (χ0n) is 10.7. The zero-order chi connectivity index (χ0) is 13.7. The number of nitrogen functional groups attached to an aromatic ring is 1. The lowest BCUT2D eigenvalue weighted by atomic mass is 10.2. The minimum Gasteiger partial charge on any atom is -0.383 e. The average Bonchev–Trinajstić information content (AvgIpc) is 3.04. The predicted molar refractivity (Wildman–Crippen MR) is 75.3 cm³/mol. The van der Waals surface area contributed by atoms with Gasteiger partial charge in [-0.3, -0.25) is 4.68 Å². The van der Waals surface area contributed by atoms with Gasteiger partial charge in [0.2, 0.25) is 0 Å². The Labute approximate surface area is 113 Å². The molecule has 4 rings (SSSR count). The van der Waals surface area contributed by atoms with Crippen LogP contribution in [0.4, 0.5) is 5.82 Å². The van der Waals surface area contributed by atoms with Crippen molar-refractivity contribution in [2.24, 2.45) is 7.05 Å². The molecule has 0 radical (unpaired) electrons. The Kier molecular flexibility index (Phi) is 2.06. The van der Waals surface area contributed by atoms with Crippen molar-refractivity contribution in [1.29, 1.82) is 0 Å². The number of anilines is 1. The lowest BCUT2D eigenvalue weighted by molar-refractivity contribution is 0.797. The molecule has 3 heterocycles. The molecule has 4 aromatic rings. The summed E-state index contributed by atoms with van der Waals surface area (Å²) in [5.74, 6) is 0.434. The summed E-state index contributed by atoms with van der Waals surface area (Å²) in [7, 11) is 1.92. The highest BCUT2D eigenvalue weighted by Gasteiger charge is 2.10. The molecule has 0 unspecified atom stereocenters. The first kappa shape index (κ1) is 10.9. The molecule has 0 saturated carbocycles. The number of hydrogen-bond acceptors (Lipinski definition) is 5. The number of aryl methyl sites for hydroxylation is 1. The first-order chi connectivity index (χ1) is 9.74. The molecule has 7 heteroatoms. The minimum absolute atomic E-state index is 0.434. The Morgan fingerprint density at radius 3 is 2.90 bits per heavy atom. The maximum atomic E-state index is 5.82. The molecule has 0 aliphatic rings. The number of hydrogen-bond donors (Lipinski definition) is 1. The second-order valence-corrected chi connectivity index (χ2v) is 4.56. The van der Waals surface area contributed by atoms with Crippen LogP contribution in [-0.2, 0) is 7.05 Å². The van der Waals surface area contributed by atoms with E-state index in [1.807, 2.05) is 36.1 Å². The molecule has 20 heavy (non-hydrogen) atoms. The number of fused-ring (bicyclic) bond motifs is 2. The fourth-order valence-corrected chi connectivity index (χ4v) is 2.33. The van der Waals surface area contributed by atoms with Gasteiger partial charge in [0.25, 0.3) is 0 Å². The Morgan fingerprint density at radius 2 is 2.00 bits per heavy atom. The van der Waals surface area contributed by atoms with E-state index in [0.717, 1.165) is 22.0 Å². The molecule has 7 nitrogen and oxygen atoms in total. The summed E-state index contributed by atoms with van der Waals surface area (Å²) in [5, 5.41) is 10.4. The van der Waals surface area contributed by atoms with Crippen molar-refractivity contribution in [3.63, 3.8) is 0 Å². The molecule has 0 bridgehead atoms. The van der Waals surface area contributed by atoms with Crippen LogP contribution in [0.1, 0.15) is 0 Å². The lowest BCUT2D eigenvalue weighted by Gasteiger charge is -2.03. The Bertz CT molecular complexity index is 934. The Morgan fingerprint density at radius 1 is 1.10 bits per heavy atom. The van der Waals surface area contributed by atoms with Gasteiger partial charge in [-0.15, -0.1) is 0 Å². The van der Waals surface area contributed by atoms with Crippen LogP contribution in [0.2, 0.25) is 0 Å². The van der Waals surface area contributed by atoms with Crippen molar-refractivity contribution < 1.29 is 0 Å². The molecule has 0 aliphatic heterocycles. The lowest BCUT2D eigenvalue weighted by Crippen LogP contribution is -1.99. The first-order valence-electron chi connectivity index (χ1n) is 6.10. The highest BCUT2D eigenvalue weighted by atomic mass is 15.3. The normalized spacial score (nSPS) is 11.4. The fourth-order valence-electron chi connectivity index (χ4n) is 2.33. The molecular formula is C13H11N7. The van der Waals surface area contributed by atoms with Gasteiger partial charge in [-0.05, 0) is 18.2 Å². The van der Waals surface area contributed by atoms with Crippen molar-refractivity contribution in [2.75, 3.05) is 5.73 Å². The molecule has 2 N–H and O–H groups in total. The van der Waals surface area contributed by atoms with Crippen LogP contribution >= 0.6 is 0 Å². The van der Waals surface area contributed by atoms with Crippen LogP contribution in [0.5, 0.6) is 0 Å². The van der Waals surface area contributed by atoms with E-state index in [9.17, 15) is 0 Å². The summed E-state index contributed by atoms with van der Waals surface area (Å²) in [6.07, 6.45) is 4.95. The van der Waals surface area contributed by atoms with E-state index >= 15 is 0 Å². The van der Waals surface area contributed by atoms with Gasteiger partial charge >= 0.3 is 0 Å². The Hall–Kier alpha value is -2.96.